The summed E-state index contributed by atoms with van der Waals surface area (Å²) in [5.41, 5.74) is 1.82. The molecule has 104 valence electrons. The summed E-state index contributed by atoms with van der Waals surface area (Å²) in [5, 5.41) is 5.89. The van der Waals surface area contributed by atoms with Crippen molar-refractivity contribution in [2.45, 2.75) is 6.54 Å². The summed E-state index contributed by atoms with van der Waals surface area (Å²) in [5.74, 6) is 0.641. The van der Waals surface area contributed by atoms with Crippen molar-refractivity contribution in [3.63, 3.8) is 0 Å². The molecule has 0 unspecified atom stereocenters. The van der Waals surface area contributed by atoms with Crippen LogP contribution in [0.3, 0.4) is 0 Å². The molecule has 0 aliphatic carbocycles. The van der Waals surface area contributed by atoms with Crippen LogP contribution in [0.1, 0.15) is 5.56 Å². The fraction of sp³-hybridized carbons (Fsp3) is 0.200. The van der Waals surface area contributed by atoms with Crippen molar-refractivity contribution in [2.24, 2.45) is 0 Å². The molecule has 1 amide bonds. The van der Waals surface area contributed by atoms with Crippen LogP contribution in [0.2, 0.25) is 0 Å². The van der Waals surface area contributed by atoms with Crippen LogP contribution in [-0.2, 0) is 11.3 Å². The first kappa shape index (κ1) is 13.9. The van der Waals surface area contributed by atoms with E-state index in [1.54, 1.807) is 19.5 Å². The molecule has 20 heavy (non-hydrogen) atoms. The van der Waals surface area contributed by atoms with E-state index in [4.69, 9.17) is 4.74 Å². The molecular weight excluding hydrogens is 254 g/mol. The summed E-state index contributed by atoms with van der Waals surface area (Å²) in [4.78, 5) is 15.7. The number of pyridine rings is 1. The van der Waals surface area contributed by atoms with Crippen molar-refractivity contribution in [3.05, 3.63) is 54.4 Å². The van der Waals surface area contributed by atoms with E-state index in [-0.39, 0.29) is 12.5 Å². The number of carbonyl (C=O) groups excluding carboxylic acids is 1. The Bertz CT molecular complexity index is 558. The summed E-state index contributed by atoms with van der Waals surface area (Å²) in [6, 6.07) is 11.2. The van der Waals surface area contributed by atoms with Gasteiger partial charge in [0.05, 0.1) is 19.3 Å². The minimum absolute atomic E-state index is 0.0762. The van der Waals surface area contributed by atoms with Gasteiger partial charge in [0.1, 0.15) is 5.75 Å². The lowest BCUT2D eigenvalue weighted by molar-refractivity contribution is -0.119. The molecule has 5 nitrogen and oxygen atoms in total. The largest absolute Gasteiger partial charge is 0.495 e. The predicted molar refractivity (Wildman–Crippen MR) is 77.6 cm³/mol. The van der Waals surface area contributed by atoms with E-state index in [2.05, 4.69) is 15.6 Å². The van der Waals surface area contributed by atoms with Gasteiger partial charge in [-0.2, -0.15) is 0 Å². The normalized spacial score (nSPS) is 9.85. The van der Waals surface area contributed by atoms with Gasteiger partial charge in [-0.3, -0.25) is 9.78 Å². The highest BCUT2D eigenvalue weighted by atomic mass is 16.5. The van der Waals surface area contributed by atoms with Crippen molar-refractivity contribution >= 4 is 11.6 Å². The number of nitrogens with zero attached hydrogens (tertiary/aromatic N) is 1. The number of para-hydroxylation sites is 2. The fourth-order valence-corrected chi connectivity index (χ4v) is 1.73. The molecule has 0 atom stereocenters. The Morgan fingerprint density at radius 1 is 1.20 bits per heavy atom. The molecule has 1 aromatic heterocycles. The van der Waals surface area contributed by atoms with Crippen LogP contribution < -0.4 is 15.4 Å². The number of hydrogen-bond donors (Lipinski definition) is 2. The summed E-state index contributed by atoms with van der Waals surface area (Å²) in [6.45, 7) is 0.695. The van der Waals surface area contributed by atoms with Crippen molar-refractivity contribution in [3.8, 4) is 5.75 Å². The van der Waals surface area contributed by atoms with Gasteiger partial charge in [-0.05, 0) is 29.8 Å². The molecule has 0 aliphatic rings. The number of amides is 1. The zero-order valence-electron chi connectivity index (χ0n) is 11.3. The van der Waals surface area contributed by atoms with E-state index >= 15 is 0 Å². The number of nitrogens with one attached hydrogen (secondary N) is 2. The van der Waals surface area contributed by atoms with Crippen LogP contribution in [0.15, 0.2) is 48.8 Å². The third kappa shape index (κ3) is 3.98. The first-order chi connectivity index (χ1) is 9.79. The molecule has 0 bridgehead atoms. The molecule has 0 saturated carbocycles. The molecule has 1 heterocycles. The van der Waals surface area contributed by atoms with Gasteiger partial charge in [-0.15, -0.1) is 0 Å². The predicted octanol–water partition coefficient (Wildman–Crippen LogP) is 1.82. The molecule has 0 spiro atoms. The van der Waals surface area contributed by atoms with Gasteiger partial charge in [0, 0.05) is 18.9 Å². The van der Waals surface area contributed by atoms with Crippen molar-refractivity contribution in [1.82, 2.24) is 10.3 Å². The highest BCUT2D eigenvalue weighted by Gasteiger charge is 2.04. The third-order valence-electron chi connectivity index (χ3n) is 2.79. The summed E-state index contributed by atoms with van der Waals surface area (Å²) >= 11 is 0. The molecule has 1 aromatic carbocycles. The minimum Gasteiger partial charge on any atom is -0.495 e. The van der Waals surface area contributed by atoms with Crippen LogP contribution in [0.5, 0.6) is 5.75 Å². The maximum atomic E-state index is 11.8. The highest BCUT2D eigenvalue weighted by molar-refractivity contribution is 5.81. The summed E-state index contributed by atoms with van der Waals surface area (Å²) in [6.07, 6.45) is 3.41. The van der Waals surface area contributed by atoms with Gasteiger partial charge in [0.15, 0.2) is 0 Å². The average Bonchev–Trinajstić information content (AvgIpc) is 2.52. The van der Waals surface area contributed by atoms with Gasteiger partial charge in [-0.25, -0.2) is 0 Å². The number of rotatable bonds is 6. The van der Waals surface area contributed by atoms with Crippen LogP contribution in [0.25, 0.3) is 0 Å². The minimum atomic E-state index is -0.0762. The fourth-order valence-electron chi connectivity index (χ4n) is 1.73. The smallest absolute Gasteiger partial charge is 0.239 e. The molecular formula is C15H17N3O2. The molecule has 0 saturated heterocycles. The zero-order valence-corrected chi connectivity index (χ0v) is 11.3. The van der Waals surface area contributed by atoms with Crippen molar-refractivity contribution in [1.29, 1.82) is 0 Å². The second-order valence-corrected chi connectivity index (χ2v) is 4.19. The van der Waals surface area contributed by atoms with E-state index < -0.39 is 0 Å². The van der Waals surface area contributed by atoms with Gasteiger partial charge < -0.3 is 15.4 Å². The first-order valence-electron chi connectivity index (χ1n) is 6.32. The Morgan fingerprint density at radius 3 is 2.70 bits per heavy atom. The monoisotopic (exact) mass is 271 g/mol. The second-order valence-electron chi connectivity index (χ2n) is 4.19. The number of methoxy groups -OCH3 is 1. The number of ether oxygens (including phenoxy) is 1. The van der Waals surface area contributed by atoms with E-state index in [0.717, 1.165) is 17.0 Å². The molecule has 0 aliphatic heterocycles. The standard InChI is InChI=1S/C15H17N3O2/c1-20-14-5-3-2-4-13(14)17-11-15(19)18-10-12-6-8-16-9-7-12/h2-9,17H,10-11H2,1H3,(H,18,19). The first-order valence-corrected chi connectivity index (χ1v) is 6.32. The van der Waals surface area contributed by atoms with Crippen LogP contribution in [-0.4, -0.2) is 24.5 Å². The Hall–Kier alpha value is -2.56. The van der Waals surface area contributed by atoms with Crippen molar-refractivity contribution < 1.29 is 9.53 Å². The Morgan fingerprint density at radius 2 is 1.95 bits per heavy atom. The average molecular weight is 271 g/mol. The number of carbonyl (C=O) groups is 1. The number of anilines is 1. The number of benzene rings is 1. The van der Waals surface area contributed by atoms with Gasteiger partial charge in [0.25, 0.3) is 0 Å². The van der Waals surface area contributed by atoms with Crippen LogP contribution in [0, 0.1) is 0 Å². The maximum Gasteiger partial charge on any atom is 0.239 e. The molecule has 2 N–H and O–H groups in total. The van der Waals surface area contributed by atoms with Gasteiger partial charge >= 0.3 is 0 Å². The van der Waals surface area contributed by atoms with Gasteiger partial charge in [0.2, 0.25) is 5.91 Å². The second kappa shape index (κ2) is 7.13. The maximum absolute atomic E-state index is 11.8. The Labute approximate surface area is 118 Å². The van der Waals surface area contributed by atoms with E-state index in [9.17, 15) is 4.79 Å². The molecule has 0 radical (unpaired) electrons. The number of aromatic nitrogens is 1. The summed E-state index contributed by atoms with van der Waals surface area (Å²) in [7, 11) is 1.60. The third-order valence-corrected chi connectivity index (χ3v) is 2.79. The Balaban J connectivity index is 1.80. The lowest BCUT2D eigenvalue weighted by Gasteiger charge is -2.11. The van der Waals surface area contributed by atoms with Gasteiger partial charge in [-0.1, -0.05) is 12.1 Å². The van der Waals surface area contributed by atoms with Crippen LogP contribution >= 0.6 is 0 Å². The molecule has 2 rings (SSSR count). The summed E-state index contributed by atoms with van der Waals surface area (Å²) < 4.78 is 5.21. The van der Waals surface area contributed by atoms with Crippen LogP contribution in [0.4, 0.5) is 5.69 Å². The topological polar surface area (TPSA) is 63.2 Å². The van der Waals surface area contributed by atoms with E-state index in [0.29, 0.717) is 6.54 Å². The number of hydrogen-bond acceptors (Lipinski definition) is 4. The SMILES string of the molecule is COc1ccccc1NCC(=O)NCc1ccncc1. The molecule has 0 fully saturated rings. The highest BCUT2D eigenvalue weighted by Crippen LogP contribution is 2.22. The Kier molecular flexibility index (Phi) is 4.94. The van der Waals surface area contributed by atoms with E-state index in [1.165, 1.54) is 0 Å². The lowest BCUT2D eigenvalue weighted by Crippen LogP contribution is -2.29. The zero-order chi connectivity index (χ0) is 14.2. The van der Waals surface area contributed by atoms with Crippen molar-refractivity contribution in [2.75, 3.05) is 19.0 Å². The quantitative estimate of drug-likeness (QED) is 0.841. The lowest BCUT2D eigenvalue weighted by atomic mass is 10.2. The molecule has 2 aromatic rings. The molecule has 5 heteroatoms. The van der Waals surface area contributed by atoms with E-state index in [1.807, 2.05) is 36.4 Å².